The van der Waals surface area contributed by atoms with Crippen LogP contribution in [0.15, 0.2) is 36.5 Å². The van der Waals surface area contributed by atoms with E-state index in [0.29, 0.717) is 6.04 Å². The van der Waals surface area contributed by atoms with Gasteiger partial charge in [0.1, 0.15) is 4.88 Å². The highest BCUT2D eigenvalue weighted by Gasteiger charge is 2.29. The molecule has 3 heterocycles. The minimum atomic E-state index is 0.181. The Morgan fingerprint density at radius 1 is 1.28 bits per heavy atom. The van der Waals surface area contributed by atoms with E-state index >= 15 is 0 Å². The summed E-state index contributed by atoms with van der Waals surface area (Å²) < 4.78 is 2.06. The second kappa shape index (κ2) is 6.64. The third-order valence-electron chi connectivity index (χ3n) is 5.18. The molecule has 0 bridgehead atoms. The Balaban J connectivity index is 1.68. The number of thiazole rings is 1. The van der Waals surface area contributed by atoms with Gasteiger partial charge in [0.25, 0.3) is 5.91 Å². The van der Waals surface area contributed by atoms with Gasteiger partial charge in [0.2, 0.25) is 0 Å². The van der Waals surface area contributed by atoms with Crippen molar-refractivity contribution in [2.24, 2.45) is 0 Å². The molecule has 0 spiro atoms. The van der Waals surface area contributed by atoms with Crippen LogP contribution in [-0.2, 0) is 0 Å². The highest BCUT2D eigenvalue weighted by atomic mass is 32.1. The molecule has 3 aromatic rings. The second-order valence-corrected chi connectivity index (χ2v) is 7.70. The molecule has 0 unspecified atom stereocenters. The first-order valence-electron chi connectivity index (χ1n) is 9.04. The van der Waals surface area contributed by atoms with Crippen molar-refractivity contribution in [2.45, 2.75) is 45.6 Å². The molecule has 1 fully saturated rings. The van der Waals surface area contributed by atoms with Crippen LogP contribution < -0.4 is 0 Å². The molecule has 0 saturated carbocycles. The maximum absolute atomic E-state index is 13.1. The molecular formula is C20H23N3OS. The number of carbonyl (C=O) groups is 1. The van der Waals surface area contributed by atoms with E-state index < -0.39 is 0 Å². The van der Waals surface area contributed by atoms with E-state index in [2.05, 4.69) is 28.4 Å². The minimum absolute atomic E-state index is 0.181. The molecule has 0 aliphatic carbocycles. The van der Waals surface area contributed by atoms with Gasteiger partial charge < -0.3 is 4.90 Å². The normalized spacial score (nSPS) is 18.0. The number of likely N-dealkylation sites (tertiary alicyclic amines) is 1. The highest BCUT2D eigenvalue weighted by Crippen LogP contribution is 2.30. The van der Waals surface area contributed by atoms with Crippen LogP contribution in [-0.4, -0.2) is 32.8 Å². The molecule has 0 N–H and O–H groups in total. The quantitative estimate of drug-likeness (QED) is 0.680. The number of benzene rings is 1. The summed E-state index contributed by atoms with van der Waals surface area (Å²) >= 11 is 1.51. The number of amides is 1. The van der Waals surface area contributed by atoms with Crippen LogP contribution >= 0.6 is 11.3 Å². The summed E-state index contributed by atoms with van der Waals surface area (Å²) in [5.41, 5.74) is 3.06. The predicted molar refractivity (Wildman–Crippen MR) is 102 cm³/mol. The molecule has 130 valence electrons. The van der Waals surface area contributed by atoms with E-state index in [9.17, 15) is 4.79 Å². The molecule has 1 saturated heterocycles. The first-order chi connectivity index (χ1) is 12.2. The van der Waals surface area contributed by atoms with E-state index in [4.69, 9.17) is 4.98 Å². The monoisotopic (exact) mass is 353 g/mol. The largest absolute Gasteiger partial charge is 0.335 e. The summed E-state index contributed by atoms with van der Waals surface area (Å²) in [6.45, 7) is 5.08. The molecule has 1 aliphatic heterocycles. The number of aryl methyl sites for hydroxylation is 1. The van der Waals surface area contributed by atoms with Gasteiger partial charge in [-0.05, 0) is 32.6 Å². The molecule has 2 aromatic heterocycles. The molecule has 1 amide bonds. The number of hydrogen-bond donors (Lipinski definition) is 0. The van der Waals surface area contributed by atoms with Crippen molar-refractivity contribution in [1.82, 2.24) is 14.3 Å². The van der Waals surface area contributed by atoms with E-state index in [1.54, 1.807) is 0 Å². The van der Waals surface area contributed by atoms with Crippen molar-refractivity contribution in [3.63, 3.8) is 0 Å². The molecule has 5 heteroatoms. The van der Waals surface area contributed by atoms with Crippen molar-refractivity contribution in [1.29, 1.82) is 0 Å². The number of aromatic nitrogens is 2. The molecule has 1 atom stereocenters. The van der Waals surface area contributed by atoms with Crippen LogP contribution in [0.4, 0.5) is 0 Å². The zero-order valence-corrected chi connectivity index (χ0v) is 15.6. The second-order valence-electron chi connectivity index (χ2n) is 6.72. The van der Waals surface area contributed by atoms with Crippen molar-refractivity contribution in [3.8, 4) is 11.3 Å². The van der Waals surface area contributed by atoms with Gasteiger partial charge in [-0.3, -0.25) is 9.20 Å². The van der Waals surface area contributed by atoms with Crippen LogP contribution in [0.2, 0.25) is 0 Å². The zero-order chi connectivity index (χ0) is 17.4. The Morgan fingerprint density at radius 3 is 2.80 bits per heavy atom. The third kappa shape index (κ3) is 2.86. The molecule has 1 aromatic carbocycles. The fraction of sp³-hybridized carbons (Fsp3) is 0.400. The van der Waals surface area contributed by atoms with Gasteiger partial charge in [0.05, 0.1) is 5.69 Å². The number of hydrogen-bond acceptors (Lipinski definition) is 3. The molecular weight excluding hydrogens is 330 g/mol. The fourth-order valence-corrected chi connectivity index (χ4v) is 4.78. The Bertz CT molecular complexity index is 896. The maximum atomic E-state index is 13.1. The number of piperidine rings is 1. The Kier molecular flexibility index (Phi) is 4.34. The number of fused-ring (bicyclic) bond motifs is 1. The van der Waals surface area contributed by atoms with Crippen molar-refractivity contribution in [3.05, 3.63) is 47.1 Å². The highest BCUT2D eigenvalue weighted by molar-refractivity contribution is 7.19. The Labute approximate surface area is 152 Å². The average Bonchev–Trinajstić information content (AvgIpc) is 3.21. The lowest BCUT2D eigenvalue weighted by Crippen LogP contribution is -2.43. The van der Waals surface area contributed by atoms with Gasteiger partial charge in [0, 0.05) is 30.0 Å². The summed E-state index contributed by atoms with van der Waals surface area (Å²) in [5.74, 6) is 0.181. The summed E-state index contributed by atoms with van der Waals surface area (Å²) in [5, 5.41) is 0. The predicted octanol–water partition coefficient (Wildman–Crippen LogP) is 4.78. The Hall–Kier alpha value is -2.14. The van der Waals surface area contributed by atoms with Gasteiger partial charge in [-0.2, -0.15) is 0 Å². The first-order valence-corrected chi connectivity index (χ1v) is 9.85. The SMILES string of the molecule is CC[C@H]1CCCCN1C(=O)c1sc2nc(-c3ccccc3)cn2c1C. The maximum Gasteiger partial charge on any atom is 0.266 e. The molecule has 0 radical (unpaired) electrons. The topological polar surface area (TPSA) is 37.6 Å². The van der Waals surface area contributed by atoms with E-state index in [1.165, 1.54) is 17.8 Å². The van der Waals surface area contributed by atoms with Gasteiger partial charge in [-0.1, -0.05) is 48.6 Å². The zero-order valence-electron chi connectivity index (χ0n) is 14.7. The summed E-state index contributed by atoms with van der Waals surface area (Å²) in [4.78, 5) is 21.7. The minimum Gasteiger partial charge on any atom is -0.335 e. The van der Waals surface area contributed by atoms with E-state index in [-0.39, 0.29) is 5.91 Å². The standard InChI is InChI=1S/C20H23N3OS/c1-3-16-11-7-8-12-22(16)19(24)18-14(2)23-13-17(21-20(23)25-18)15-9-5-4-6-10-15/h4-6,9-10,13,16H,3,7-8,11-12H2,1-2H3/t16-/m0/s1. The fourth-order valence-electron chi connectivity index (χ4n) is 3.72. The van der Waals surface area contributed by atoms with E-state index in [0.717, 1.165) is 52.6 Å². The van der Waals surface area contributed by atoms with Crippen LogP contribution in [0.1, 0.15) is 48.0 Å². The molecule has 25 heavy (non-hydrogen) atoms. The van der Waals surface area contributed by atoms with Crippen LogP contribution in [0.5, 0.6) is 0 Å². The van der Waals surface area contributed by atoms with Gasteiger partial charge in [-0.25, -0.2) is 4.98 Å². The lowest BCUT2D eigenvalue weighted by atomic mass is 10.00. The van der Waals surface area contributed by atoms with Crippen molar-refractivity contribution >= 4 is 22.2 Å². The summed E-state index contributed by atoms with van der Waals surface area (Å²) in [6, 6.07) is 10.6. The smallest absolute Gasteiger partial charge is 0.266 e. The van der Waals surface area contributed by atoms with Crippen molar-refractivity contribution < 1.29 is 4.79 Å². The summed E-state index contributed by atoms with van der Waals surface area (Å²) in [7, 11) is 0. The van der Waals surface area contributed by atoms with Crippen LogP contribution in [0.25, 0.3) is 16.2 Å². The lowest BCUT2D eigenvalue weighted by molar-refractivity contribution is 0.0612. The first kappa shape index (κ1) is 16.3. The number of rotatable bonds is 3. The van der Waals surface area contributed by atoms with Gasteiger partial charge in [-0.15, -0.1) is 0 Å². The lowest BCUT2D eigenvalue weighted by Gasteiger charge is -2.35. The van der Waals surface area contributed by atoms with Gasteiger partial charge in [0.15, 0.2) is 4.96 Å². The van der Waals surface area contributed by atoms with Crippen LogP contribution in [0, 0.1) is 6.92 Å². The average molecular weight is 353 g/mol. The number of imidazole rings is 1. The molecule has 4 rings (SSSR count). The Morgan fingerprint density at radius 2 is 2.08 bits per heavy atom. The van der Waals surface area contributed by atoms with Gasteiger partial charge >= 0.3 is 0 Å². The van der Waals surface area contributed by atoms with E-state index in [1.807, 2.05) is 31.3 Å². The van der Waals surface area contributed by atoms with Crippen molar-refractivity contribution in [2.75, 3.05) is 6.54 Å². The molecule has 4 nitrogen and oxygen atoms in total. The third-order valence-corrected chi connectivity index (χ3v) is 6.32. The number of nitrogens with zero attached hydrogens (tertiary/aromatic N) is 3. The number of carbonyl (C=O) groups excluding carboxylic acids is 1. The summed E-state index contributed by atoms with van der Waals surface area (Å²) in [6.07, 6.45) is 6.55. The molecule has 1 aliphatic rings. The van der Waals surface area contributed by atoms with Crippen LogP contribution in [0.3, 0.4) is 0 Å².